The molecule has 0 aliphatic rings. The van der Waals surface area contributed by atoms with Crippen LogP contribution in [-0.2, 0) is 37.5 Å². The zero-order valence-corrected chi connectivity index (χ0v) is 41.6. The molecule has 0 spiro atoms. The summed E-state index contributed by atoms with van der Waals surface area (Å²) in [5.41, 5.74) is 11.5. The number of phosphoric ester groups is 1. The van der Waals surface area contributed by atoms with Gasteiger partial charge in [0.25, 0.3) is 0 Å². The van der Waals surface area contributed by atoms with Crippen LogP contribution < -0.4 is 11.5 Å². The number of unbranched alkanes of at least 4 members (excludes halogenated alkanes) is 15. The van der Waals surface area contributed by atoms with E-state index in [0.717, 1.165) is 51.4 Å². The van der Waals surface area contributed by atoms with Crippen molar-refractivity contribution in [1.82, 2.24) is 0 Å². The number of rotatable bonds is 45. The van der Waals surface area contributed by atoms with Gasteiger partial charge in [-0.15, -0.1) is 11.8 Å². The van der Waals surface area contributed by atoms with Crippen molar-refractivity contribution in [2.75, 3.05) is 32.1 Å². The van der Waals surface area contributed by atoms with Crippen molar-refractivity contribution in [3.63, 3.8) is 0 Å². The predicted octanol–water partition coefficient (Wildman–Crippen LogP) is 11.1. The summed E-state index contributed by atoms with van der Waals surface area (Å²) in [7, 11) is -4.52. The molecule has 65 heavy (non-hydrogen) atoms. The summed E-state index contributed by atoms with van der Waals surface area (Å²) >= 11 is 1.22. The van der Waals surface area contributed by atoms with Gasteiger partial charge < -0.3 is 36.0 Å². The summed E-state index contributed by atoms with van der Waals surface area (Å²) in [6.45, 7) is 3.09. The fraction of sp³-hybridized carbons (Fsp3) is 0.700. The zero-order valence-electron chi connectivity index (χ0n) is 39.9. The van der Waals surface area contributed by atoms with Crippen LogP contribution in [0, 0.1) is 0 Å². The van der Waals surface area contributed by atoms with Crippen molar-refractivity contribution in [1.29, 1.82) is 0 Å². The summed E-state index contributed by atoms with van der Waals surface area (Å²) < 4.78 is 33.0. The summed E-state index contributed by atoms with van der Waals surface area (Å²) in [6.07, 6.45) is 45.3. The van der Waals surface area contributed by atoms with Gasteiger partial charge in [-0.2, -0.15) is 0 Å². The number of aliphatic hydroxyl groups is 1. The Morgan fingerprint density at radius 2 is 1.23 bits per heavy atom. The number of hydrogen-bond acceptors (Lipinski definition) is 12. The molecule has 0 aromatic carbocycles. The third-order valence-corrected chi connectivity index (χ3v) is 12.5. The molecule has 15 heteroatoms. The smallest absolute Gasteiger partial charge is 0.472 e. The summed E-state index contributed by atoms with van der Waals surface area (Å²) in [4.78, 5) is 46.8. The highest BCUT2D eigenvalue weighted by Crippen LogP contribution is 2.43. The van der Waals surface area contributed by atoms with Gasteiger partial charge in [0.15, 0.2) is 6.10 Å². The van der Waals surface area contributed by atoms with E-state index in [1.165, 1.54) is 82.4 Å². The Balaban J connectivity index is 4.94. The van der Waals surface area contributed by atoms with Crippen LogP contribution in [0.5, 0.6) is 0 Å². The quantitative estimate of drug-likeness (QED) is 0.0126. The first-order chi connectivity index (χ1) is 31.4. The number of aliphatic hydroxyl groups excluding tert-OH is 1. The van der Waals surface area contributed by atoms with E-state index in [4.69, 9.17) is 35.1 Å². The molecule has 0 amide bonds. The number of carbonyl (C=O) groups excluding carboxylic acids is 2. The number of hydrogen-bond donors (Lipinski definition) is 5. The standard InChI is InChI=1S/C50H87N2O11PS/c1-3-5-7-9-11-13-15-17-18-19-20-21-22-23-25-27-29-31-33-38-49(56)63-44(42-62-64(58,59)61-40-39-51)41-60-50(57)45(52)43-65-47(46(53)35-34-37-48(54)55)36-32-30-28-26-24-16-14-12-10-8-6-4-2/h11-14,17-18,24,26,28,30,32,36,44-47,53H,3-10,15-16,19-23,25,27,29,31,33-35,37-43,51-52H2,1-2H3,(H,54,55)(H,58,59)/b13-11-,14-12-,18-17-,26-24-,30-28+,36-32+/t44-,45+,46+,47-/m1/s1. The third kappa shape index (κ3) is 42.3. The van der Waals surface area contributed by atoms with Gasteiger partial charge >= 0.3 is 25.7 Å². The average Bonchev–Trinajstić information content (AvgIpc) is 3.28. The highest BCUT2D eigenvalue weighted by Gasteiger charge is 2.27. The number of allylic oxidation sites excluding steroid dienone is 11. The number of thioether (sulfide) groups is 1. The number of carbonyl (C=O) groups is 3. The first-order valence-electron chi connectivity index (χ1n) is 24.4. The van der Waals surface area contributed by atoms with Gasteiger partial charge in [-0.3, -0.25) is 23.4 Å². The van der Waals surface area contributed by atoms with Crippen LogP contribution in [0.2, 0.25) is 0 Å². The Kier molecular flexibility index (Phi) is 43.1. The number of ether oxygens (including phenoxy) is 2. The number of phosphoric acid groups is 1. The molecule has 1 unspecified atom stereocenters. The number of carboxylic acids is 1. The highest BCUT2D eigenvalue weighted by molar-refractivity contribution is 8.00. The Bertz CT molecular complexity index is 1420. The van der Waals surface area contributed by atoms with Crippen molar-refractivity contribution >= 4 is 37.5 Å². The second-order valence-corrected chi connectivity index (χ2v) is 18.8. The monoisotopic (exact) mass is 955 g/mol. The van der Waals surface area contributed by atoms with E-state index in [9.17, 15) is 28.9 Å². The Morgan fingerprint density at radius 3 is 1.82 bits per heavy atom. The lowest BCUT2D eigenvalue weighted by Crippen LogP contribution is -2.38. The predicted molar refractivity (Wildman–Crippen MR) is 266 cm³/mol. The van der Waals surface area contributed by atoms with Crippen LogP contribution in [0.3, 0.4) is 0 Å². The fourth-order valence-corrected chi connectivity index (χ4v) is 8.17. The molecule has 0 heterocycles. The second-order valence-electron chi connectivity index (χ2n) is 16.2. The molecule has 0 bridgehead atoms. The minimum atomic E-state index is -4.52. The van der Waals surface area contributed by atoms with Crippen molar-refractivity contribution < 1.29 is 52.6 Å². The van der Waals surface area contributed by atoms with Crippen LogP contribution >= 0.6 is 19.6 Å². The van der Waals surface area contributed by atoms with E-state index in [1.54, 1.807) is 12.2 Å². The normalized spacial score (nSPS) is 15.2. The van der Waals surface area contributed by atoms with E-state index in [1.807, 2.05) is 24.3 Å². The molecule has 7 N–H and O–H groups in total. The van der Waals surface area contributed by atoms with Crippen molar-refractivity contribution in [3.8, 4) is 0 Å². The van der Waals surface area contributed by atoms with Crippen LogP contribution in [0.15, 0.2) is 72.9 Å². The highest BCUT2D eigenvalue weighted by atomic mass is 32.2. The second kappa shape index (κ2) is 45.0. The number of esters is 2. The van der Waals surface area contributed by atoms with Gasteiger partial charge in [-0.05, 0) is 70.6 Å². The Morgan fingerprint density at radius 1 is 0.677 bits per heavy atom. The third-order valence-electron chi connectivity index (χ3n) is 10.1. The molecular weight excluding hydrogens is 868 g/mol. The van der Waals surface area contributed by atoms with E-state index in [2.05, 4.69) is 50.3 Å². The minimum absolute atomic E-state index is 0.0170. The van der Waals surface area contributed by atoms with Crippen molar-refractivity contribution in [3.05, 3.63) is 72.9 Å². The van der Waals surface area contributed by atoms with Gasteiger partial charge in [-0.25, -0.2) is 4.57 Å². The van der Waals surface area contributed by atoms with E-state index in [-0.39, 0.29) is 44.6 Å². The van der Waals surface area contributed by atoms with Gasteiger partial charge in [0.1, 0.15) is 12.6 Å². The summed E-state index contributed by atoms with van der Waals surface area (Å²) in [5.74, 6) is -2.28. The lowest BCUT2D eigenvalue weighted by Gasteiger charge is -2.22. The molecule has 0 aliphatic heterocycles. The molecule has 0 fully saturated rings. The fourth-order valence-electron chi connectivity index (χ4n) is 6.28. The van der Waals surface area contributed by atoms with Crippen LogP contribution in [-0.4, -0.2) is 88.6 Å². The first kappa shape index (κ1) is 62.2. The Hall–Kier alpha value is -2.81. The molecule has 13 nitrogen and oxygen atoms in total. The topological polar surface area (TPSA) is 218 Å². The van der Waals surface area contributed by atoms with Gasteiger partial charge in [0, 0.05) is 30.4 Å². The molecular formula is C50H87N2O11PS. The number of nitrogens with two attached hydrogens (primary N) is 2. The average molecular weight is 955 g/mol. The van der Waals surface area contributed by atoms with E-state index < -0.39 is 62.4 Å². The molecule has 0 radical (unpaired) electrons. The largest absolute Gasteiger partial charge is 0.481 e. The number of aliphatic carboxylic acids is 1. The van der Waals surface area contributed by atoms with E-state index >= 15 is 0 Å². The van der Waals surface area contributed by atoms with Crippen molar-refractivity contribution in [2.24, 2.45) is 11.5 Å². The van der Waals surface area contributed by atoms with Crippen LogP contribution in [0.1, 0.15) is 168 Å². The minimum Gasteiger partial charge on any atom is -0.481 e. The number of carboxylic acid groups (broad SMARTS) is 1. The van der Waals surface area contributed by atoms with Gasteiger partial charge in [0.2, 0.25) is 0 Å². The maximum absolute atomic E-state index is 13.0. The molecule has 0 aromatic rings. The molecule has 0 saturated carbocycles. The Labute approximate surface area is 396 Å². The summed E-state index contributed by atoms with van der Waals surface area (Å²) in [5, 5.41) is 19.4. The van der Waals surface area contributed by atoms with E-state index in [0.29, 0.717) is 6.42 Å². The zero-order chi connectivity index (χ0) is 48.1. The molecule has 0 aliphatic carbocycles. The molecule has 0 aromatic heterocycles. The SMILES string of the molecule is CCCCC/C=C\C\C=C/C=C/C=C/[C@@H](SC[C@H](N)C(=O)OC[C@H](COP(=O)(O)OCCN)OC(=O)CCCCCCCCCCC/C=C\C/C=C\CCCCC)[C@@H](O)CCCC(=O)O. The van der Waals surface area contributed by atoms with Crippen LogP contribution in [0.4, 0.5) is 0 Å². The lowest BCUT2D eigenvalue weighted by molar-refractivity contribution is -0.161. The molecule has 0 rings (SSSR count). The lowest BCUT2D eigenvalue weighted by atomic mass is 10.1. The van der Waals surface area contributed by atoms with Gasteiger partial charge in [0.05, 0.1) is 19.3 Å². The molecule has 5 atom stereocenters. The van der Waals surface area contributed by atoms with Crippen LogP contribution in [0.25, 0.3) is 0 Å². The molecule has 374 valence electrons. The molecule has 0 saturated heterocycles. The maximum Gasteiger partial charge on any atom is 0.472 e. The van der Waals surface area contributed by atoms with Gasteiger partial charge in [-0.1, -0.05) is 157 Å². The summed E-state index contributed by atoms with van der Waals surface area (Å²) in [6, 6.07) is -1.13. The maximum atomic E-state index is 13.0. The van der Waals surface area contributed by atoms with Crippen molar-refractivity contribution in [2.45, 2.75) is 191 Å². The first-order valence-corrected chi connectivity index (χ1v) is 26.9.